The molecule has 0 unspecified atom stereocenters. The molecule has 1 amide bonds. The van der Waals surface area contributed by atoms with E-state index in [1.807, 2.05) is 35.4 Å². The molecule has 5 nitrogen and oxygen atoms in total. The summed E-state index contributed by atoms with van der Waals surface area (Å²) in [6, 6.07) is 7.72. The maximum Gasteiger partial charge on any atom is 0.223 e. The van der Waals surface area contributed by atoms with Crippen molar-refractivity contribution in [2.45, 2.75) is 44.6 Å². The van der Waals surface area contributed by atoms with Crippen LogP contribution in [-0.2, 0) is 24.2 Å². The number of amides is 1. The average Bonchev–Trinajstić information content (AvgIpc) is 2.72. The highest BCUT2D eigenvalue weighted by molar-refractivity contribution is 6.30. The number of nitrogens with one attached hydrogen (secondary N) is 1. The van der Waals surface area contributed by atoms with E-state index in [1.165, 1.54) is 6.42 Å². The van der Waals surface area contributed by atoms with Gasteiger partial charge in [-0.2, -0.15) is 0 Å². The van der Waals surface area contributed by atoms with Gasteiger partial charge < -0.3 is 10.2 Å². The maximum atomic E-state index is 12.6. The zero-order valence-corrected chi connectivity index (χ0v) is 16.2. The van der Waals surface area contributed by atoms with Crippen molar-refractivity contribution in [1.82, 2.24) is 20.2 Å². The summed E-state index contributed by atoms with van der Waals surface area (Å²) in [5.41, 5.74) is 3.30. The van der Waals surface area contributed by atoms with Crippen molar-refractivity contribution in [1.29, 1.82) is 0 Å². The van der Waals surface area contributed by atoms with Gasteiger partial charge in [-0.05, 0) is 43.5 Å². The topological polar surface area (TPSA) is 58.1 Å². The van der Waals surface area contributed by atoms with Crippen LogP contribution < -0.4 is 5.32 Å². The molecule has 0 radical (unpaired) electrons. The molecule has 4 rings (SSSR count). The normalized spacial score (nSPS) is 19.6. The van der Waals surface area contributed by atoms with Gasteiger partial charge in [-0.15, -0.1) is 0 Å². The number of halogens is 1. The highest BCUT2D eigenvalue weighted by Crippen LogP contribution is 2.23. The predicted octanol–water partition coefficient (Wildman–Crippen LogP) is 3.11. The molecule has 2 aliphatic rings. The van der Waals surface area contributed by atoms with Crippen molar-refractivity contribution in [3.8, 4) is 0 Å². The second-order valence-corrected chi connectivity index (χ2v) is 7.88. The van der Waals surface area contributed by atoms with Crippen LogP contribution in [0.4, 0.5) is 0 Å². The first-order valence-electron chi connectivity index (χ1n) is 9.76. The Hall–Kier alpha value is -1.98. The second-order valence-electron chi connectivity index (χ2n) is 7.44. The Bertz CT molecular complexity index is 820. The molecule has 1 N–H and O–H groups in total. The van der Waals surface area contributed by atoms with Crippen molar-refractivity contribution in [2.24, 2.45) is 0 Å². The van der Waals surface area contributed by atoms with Crippen molar-refractivity contribution >= 4 is 17.5 Å². The molecule has 0 spiro atoms. The largest absolute Gasteiger partial charge is 0.338 e. The Balaban J connectivity index is 1.37. The van der Waals surface area contributed by atoms with E-state index in [0.717, 1.165) is 55.1 Å². The number of benzene rings is 1. The van der Waals surface area contributed by atoms with E-state index in [-0.39, 0.29) is 5.91 Å². The minimum absolute atomic E-state index is 0.182. The van der Waals surface area contributed by atoms with Gasteiger partial charge in [-0.25, -0.2) is 9.97 Å². The molecule has 0 aliphatic carbocycles. The third-order valence-electron chi connectivity index (χ3n) is 5.48. The summed E-state index contributed by atoms with van der Waals surface area (Å²) in [5, 5.41) is 4.14. The summed E-state index contributed by atoms with van der Waals surface area (Å²) < 4.78 is 0. The van der Waals surface area contributed by atoms with Gasteiger partial charge >= 0.3 is 0 Å². The lowest BCUT2D eigenvalue weighted by atomic mass is 9.98. The van der Waals surface area contributed by atoms with Crippen LogP contribution in [0.3, 0.4) is 0 Å². The summed E-state index contributed by atoms with van der Waals surface area (Å²) in [4.78, 5) is 24.0. The Labute approximate surface area is 165 Å². The third-order valence-corrected chi connectivity index (χ3v) is 5.72. The molecule has 1 aromatic carbocycles. The van der Waals surface area contributed by atoms with E-state index in [2.05, 4.69) is 10.3 Å². The van der Waals surface area contributed by atoms with Crippen LogP contribution in [-0.4, -0.2) is 40.4 Å². The molecule has 142 valence electrons. The Morgan fingerprint density at radius 3 is 3.11 bits per heavy atom. The number of carbonyl (C=O) groups excluding carboxylic acids is 1. The van der Waals surface area contributed by atoms with Gasteiger partial charge in [0.05, 0.1) is 5.69 Å². The molecule has 1 atom stereocenters. The van der Waals surface area contributed by atoms with Crippen LogP contribution in [0.5, 0.6) is 0 Å². The quantitative estimate of drug-likeness (QED) is 0.879. The van der Waals surface area contributed by atoms with E-state index < -0.39 is 0 Å². The molecular formula is C21H25ClN4O. The van der Waals surface area contributed by atoms with Crippen LogP contribution in [0.25, 0.3) is 0 Å². The summed E-state index contributed by atoms with van der Waals surface area (Å²) in [5.74, 6) is 1.56. The summed E-state index contributed by atoms with van der Waals surface area (Å²) in [6.45, 7) is 3.41. The highest BCUT2D eigenvalue weighted by Gasteiger charge is 2.24. The zero-order chi connectivity index (χ0) is 18.6. The number of carbonyl (C=O) groups is 1. The standard InChI is InChI=1S/C21H25ClN4O/c22-18-5-1-3-15(11-18)6-7-20(27)26-10-8-19-17(14-26)13-24-21(25-19)16-4-2-9-23-12-16/h1,3,5,11,13,16,23H,2,4,6-10,12,14H2/t16-/m0/s1. The van der Waals surface area contributed by atoms with Gasteiger partial charge in [-0.1, -0.05) is 23.7 Å². The molecule has 1 aromatic heterocycles. The highest BCUT2D eigenvalue weighted by atomic mass is 35.5. The second kappa shape index (κ2) is 8.36. The van der Waals surface area contributed by atoms with Crippen molar-refractivity contribution in [3.05, 3.63) is 58.1 Å². The Morgan fingerprint density at radius 2 is 2.30 bits per heavy atom. The number of nitrogens with zero attached hydrogens (tertiary/aromatic N) is 3. The monoisotopic (exact) mass is 384 g/mol. The number of rotatable bonds is 4. The van der Waals surface area contributed by atoms with Gasteiger partial charge in [0.25, 0.3) is 0 Å². The van der Waals surface area contributed by atoms with Crippen LogP contribution in [0, 0.1) is 0 Å². The van der Waals surface area contributed by atoms with Crippen molar-refractivity contribution in [3.63, 3.8) is 0 Å². The van der Waals surface area contributed by atoms with Crippen LogP contribution in [0.2, 0.25) is 5.02 Å². The molecule has 2 aliphatic heterocycles. The zero-order valence-electron chi connectivity index (χ0n) is 15.5. The molecule has 1 fully saturated rings. The van der Waals surface area contributed by atoms with Gasteiger partial charge in [0.15, 0.2) is 0 Å². The number of aromatic nitrogens is 2. The smallest absolute Gasteiger partial charge is 0.223 e. The summed E-state index contributed by atoms with van der Waals surface area (Å²) >= 11 is 6.02. The molecule has 1 saturated heterocycles. The lowest BCUT2D eigenvalue weighted by Gasteiger charge is -2.29. The summed E-state index contributed by atoms with van der Waals surface area (Å²) in [7, 11) is 0. The fourth-order valence-corrected chi connectivity index (χ4v) is 4.13. The fourth-order valence-electron chi connectivity index (χ4n) is 3.92. The third kappa shape index (κ3) is 4.47. The molecule has 6 heteroatoms. The van der Waals surface area contributed by atoms with E-state index in [0.29, 0.717) is 30.3 Å². The number of hydrogen-bond donors (Lipinski definition) is 1. The molecule has 0 bridgehead atoms. The molecule has 0 saturated carbocycles. The first-order valence-corrected chi connectivity index (χ1v) is 10.1. The van der Waals surface area contributed by atoms with E-state index in [4.69, 9.17) is 16.6 Å². The molecular weight excluding hydrogens is 360 g/mol. The minimum atomic E-state index is 0.182. The maximum absolute atomic E-state index is 12.6. The number of piperidine rings is 1. The van der Waals surface area contributed by atoms with Gasteiger partial charge in [-0.3, -0.25) is 4.79 Å². The molecule has 27 heavy (non-hydrogen) atoms. The first kappa shape index (κ1) is 18.4. The number of hydrogen-bond acceptors (Lipinski definition) is 4. The summed E-state index contributed by atoms with van der Waals surface area (Å²) in [6.07, 6.45) is 6.30. The Kier molecular flexibility index (Phi) is 5.69. The lowest BCUT2D eigenvalue weighted by molar-refractivity contribution is -0.132. The van der Waals surface area contributed by atoms with Crippen LogP contribution >= 0.6 is 11.6 Å². The van der Waals surface area contributed by atoms with E-state index >= 15 is 0 Å². The van der Waals surface area contributed by atoms with E-state index in [9.17, 15) is 4.79 Å². The van der Waals surface area contributed by atoms with Gasteiger partial charge in [0.1, 0.15) is 5.82 Å². The first-order chi connectivity index (χ1) is 13.2. The fraction of sp³-hybridized carbons (Fsp3) is 0.476. The Morgan fingerprint density at radius 1 is 1.37 bits per heavy atom. The van der Waals surface area contributed by atoms with Crippen LogP contribution in [0.15, 0.2) is 30.5 Å². The van der Waals surface area contributed by atoms with Gasteiger partial charge in [0, 0.05) is 55.2 Å². The molecule has 2 aromatic rings. The lowest BCUT2D eigenvalue weighted by Crippen LogP contribution is -2.37. The average molecular weight is 385 g/mol. The molecule has 3 heterocycles. The SMILES string of the molecule is O=C(CCc1cccc(Cl)c1)N1CCc2nc([C@H]3CCCNC3)ncc2C1. The van der Waals surface area contributed by atoms with Crippen molar-refractivity contribution in [2.75, 3.05) is 19.6 Å². The van der Waals surface area contributed by atoms with Gasteiger partial charge in [0.2, 0.25) is 5.91 Å². The number of fused-ring (bicyclic) bond motifs is 1. The van der Waals surface area contributed by atoms with Crippen molar-refractivity contribution < 1.29 is 4.79 Å². The minimum Gasteiger partial charge on any atom is -0.338 e. The van der Waals surface area contributed by atoms with E-state index in [1.54, 1.807) is 0 Å². The predicted molar refractivity (Wildman–Crippen MR) is 106 cm³/mol. The number of aryl methyl sites for hydroxylation is 1. The van der Waals surface area contributed by atoms with Crippen LogP contribution in [0.1, 0.15) is 47.8 Å².